The van der Waals surface area contributed by atoms with Gasteiger partial charge in [0.25, 0.3) is 0 Å². The number of thioether (sulfide) groups is 1. The third kappa shape index (κ3) is 7.04. The summed E-state index contributed by atoms with van der Waals surface area (Å²) in [5, 5.41) is 3.74. The molecule has 0 radical (unpaired) electrons. The second-order valence-electron chi connectivity index (χ2n) is 7.22. The second-order valence-corrected chi connectivity index (χ2v) is 8.62. The van der Waals surface area contributed by atoms with Crippen LogP contribution in [0, 0.1) is 17.8 Å². The summed E-state index contributed by atoms with van der Waals surface area (Å²) in [6.45, 7) is 12.7. The molecule has 0 saturated heterocycles. The molecule has 114 valence electrons. The molecule has 3 atom stereocenters. The fourth-order valence-electron chi connectivity index (χ4n) is 3.23. The Bertz CT molecular complexity index is 234. The van der Waals surface area contributed by atoms with E-state index in [2.05, 4.69) is 51.7 Å². The Morgan fingerprint density at radius 2 is 1.84 bits per heavy atom. The van der Waals surface area contributed by atoms with E-state index in [9.17, 15) is 0 Å². The van der Waals surface area contributed by atoms with Crippen molar-refractivity contribution < 1.29 is 0 Å². The Labute approximate surface area is 125 Å². The highest BCUT2D eigenvalue weighted by Gasteiger charge is 2.29. The number of nitrogens with one attached hydrogen (secondary N) is 1. The van der Waals surface area contributed by atoms with E-state index >= 15 is 0 Å². The maximum atomic E-state index is 3.74. The van der Waals surface area contributed by atoms with Gasteiger partial charge in [0, 0.05) is 5.54 Å². The smallest absolute Gasteiger partial charge is 0.00966 e. The first kappa shape index (κ1) is 17.4. The van der Waals surface area contributed by atoms with Crippen LogP contribution in [-0.4, -0.2) is 23.6 Å². The van der Waals surface area contributed by atoms with Crippen LogP contribution in [0.1, 0.15) is 66.7 Å². The first-order valence-corrected chi connectivity index (χ1v) is 9.44. The lowest BCUT2D eigenvalue weighted by Gasteiger charge is -2.37. The Morgan fingerprint density at radius 3 is 2.42 bits per heavy atom. The Balaban J connectivity index is 2.45. The van der Waals surface area contributed by atoms with Gasteiger partial charge in [-0.3, -0.25) is 0 Å². The molecule has 1 N–H and O–H groups in total. The van der Waals surface area contributed by atoms with Gasteiger partial charge in [0.2, 0.25) is 0 Å². The van der Waals surface area contributed by atoms with Crippen LogP contribution in [-0.2, 0) is 0 Å². The summed E-state index contributed by atoms with van der Waals surface area (Å²) >= 11 is 2.12. The van der Waals surface area contributed by atoms with E-state index in [1.165, 1.54) is 50.2 Å². The molecule has 0 aromatic heterocycles. The molecule has 2 heteroatoms. The topological polar surface area (TPSA) is 12.0 Å². The van der Waals surface area contributed by atoms with Crippen LogP contribution in [0.25, 0.3) is 0 Å². The van der Waals surface area contributed by atoms with Crippen molar-refractivity contribution in [2.75, 3.05) is 18.1 Å². The number of hydrogen-bond acceptors (Lipinski definition) is 2. The lowest BCUT2D eigenvalue weighted by atomic mass is 9.72. The molecule has 1 saturated carbocycles. The zero-order valence-electron chi connectivity index (χ0n) is 13.8. The monoisotopic (exact) mass is 285 g/mol. The third-order valence-corrected chi connectivity index (χ3v) is 5.49. The molecule has 0 aromatic rings. The quantitative estimate of drug-likeness (QED) is 0.663. The van der Waals surface area contributed by atoms with Crippen molar-refractivity contribution in [3.8, 4) is 0 Å². The van der Waals surface area contributed by atoms with Crippen LogP contribution in [0.2, 0.25) is 0 Å². The summed E-state index contributed by atoms with van der Waals surface area (Å²) in [5.74, 6) is 5.52. The molecule has 0 bridgehead atoms. The van der Waals surface area contributed by atoms with Crippen molar-refractivity contribution in [1.29, 1.82) is 0 Å². The summed E-state index contributed by atoms with van der Waals surface area (Å²) in [4.78, 5) is 0. The van der Waals surface area contributed by atoms with Crippen molar-refractivity contribution in [3.63, 3.8) is 0 Å². The van der Waals surface area contributed by atoms with Crippen molar-refractivity contribution in [2.45, 2.75) is 72.3 Å². The van der Waals surface area contributed by atoms with Crippen LogP contribution in [0.5, 0.6) is 0 Å². The van der Waals surface area contributed by atoms with E-state index in [0.29, 0.717) is 0 Å². The molecule has 1 aliphatic rings. The van der Waals surface area contributed by atoms with Gasteiger partial charge in [-0.2, -0.15) is 11.8 Å². The van der Waals surface area contributed by atoms with Crippen molar-refractivity contribution in [1.82, 2.24) is 5.32 Å². The average molecular weight is 286 g/mol. The van der Waals surface area contributed by atoms with Crippen LogP contribution in [0.3, 0.4) is 0 Å². The number of hydrogen-bond donors (Lipinski definition) is 1. The summed E-state index contributed by atoms with van der Waals surface area (Å²) in [6, 6.07) is 0. The summed E-state index contributed by atoms with van der Waals surface area (Å²) < 4.78 is 0. The maximum Gasteiger partial charge on any atom is 0.00966 e. The molecule has 1 rings (SSSR count). The van der Waals surface area contributed by atoms with Gasteiger partial charge in [-0.25, -0.2) is 0 Å². The van der Waals surface area contributed by atoms with Crippen molar-refractivity contribution in [3.05, 3.63) is 0 Å². The van der Waals surface area contributed by atoms with E-state index in [1.807, 2.05) is 0 Å². The molecular weight excluding hydrogens is 250 g/mol. The van der Waals surface area contributed by atoms with Gasteiger partial charge >= 0.3 is 0 Å². The maximum absolute atomic E-state index is 3.74. The molecule has 1 nitrogen and oxygen atoms in total. The molecule has 0 aromatic carbocycles. The van der Waals surface area contributed by atoms with Gasteiger partial charge in [0.15, 0.2) is 0 Å². The molecule has 0 spiro atoms. The first-order chi connectivity index (χ1) is 8.96. The molecule has 0 amide bonds. The highest BCUT2D eigenvalue weighted by molar-refractivity contribution is 7.99. The molecule has 0 aliphatic heterocycles. The third-order valence-electron chi connectivity index (χ3n) is 4.56. The predicted octanol–water partition coefficient (Wildman–Crippen LogP) is 4.96. The van der Waals surface area contributed by atoms with E-state index in [1.54, 1.807) is 0 Å². The van der Waals surface area contributed by atoms with Gasteiger partial charge in [0.05, 0.1) is 0 Å². The van der Waals surface area contributed by atoms with Crippen LogP contribution >= 0.6 is 11.8 Å². The van der Waals surface area contributed by atoms with Gasteiger partial charge in [-0.1, -0.05) is 26.7 Å². The molecule has 1 fully saturated rings. The Kier molecular flexibility index (Phi) is 7.83. The molecular formula is C17H35NS. The average Bonchev–Trinajstić information content (AvgIpc) is 2.36. The largest absolute Gasteiger partial charge is 0.312 e. The lowest BCUT2D eigenvalue weighted by molar-refractivity contribution is 0.160. The van der Waals surface area contributed by atoms with Crippen LogP contribution in [0.4, 0.5) is 0 Å². The zero-order valence-corrected chi connectivity index (χ0v) is 14.6. The van der Waals surface area contributed by atoms with E-state index in [4.69, 9.17) is 0 Å². The Hall–Kier alpha value is 0.310. The fourth-order valence-corrected chi connectivity index (χ4v) is 3.99. The predicted molar refractivity (Wildman–Crippen MR) is 90.0 cm³/mol. The van der Waals surface area contributed by atoms with Crippen LogP contribution < -0.4 is 5.32 Å². The number of rotatable bonds is 7. The molecule has 1 aliphatic carbocycles. The minimum Gasteiger partial charge on any atom is -0.312 e. The minimum absolute atomic E-state index is 0.268. The van der Waals surface area contributed by atoms with Gasteiger partial charge in [-0.05, 0) is 75.8 Å². The molecule has 0 heterocycles. The zero-order chi connectivity index (χ0) is 14.3. The van der Waals surface area contributed by atoms with E-state index in [-0.39, 0.29) is 5.54 Å². The van der Waals surface area contributed by atoms with E-state index in [0.717, 1.165) is 17.8 Å². The van der Waals surface area contributed by atoms with Crippen molar-refractivity contribution >= 4 is 11.8 Å². The minimum atomic E-state index is 0.268. The molecule has 19 heavy (non-hydrogen) atoms. The van der Waals surface area contributed by atoms with Gasteiger partial charge < -0.3 is 5.32 Å². The summed E-state index contributed by atoms with van der Waals surface area (Å²) in [6.07, 6.45) is 7.22. The Morgan fingerprint density at radius 1 is 1.11 bits per heavy atom. The highest BCUT2D eigenvalue weighted by atomic mass is 32.2. The standard InChI is InChI=1S/C17H35NS/c1-6-14-8-9-16(13-18-17(3,4)5)15(12-14)10-11-19-7-2/h14-16,18H,6-13H2,1-5H3. The molecule has 3 unspecified atom stereocenters. The van der Waals surface area contributed by atoms with Gasteiger partial charge in [-0.15, -0.1) is 0 Å². The normalized spacial score (nSPS) is 28.6. The van der Waals surface area contributed by atoms with Gasteiger partial charge in [0.1, 0.15) is 0 Å². The van der Waals surface area contributed by atoms with Crippen molar-refractivity contribution in [2.24, 2.45) is 17.8 Å². The summed E-state index contributed by atoms with van der Waals surface area (Å²) in [7, 11) is 0. The SMILES string of the molecule is CCSCCC1CC(CC)CCC1CNC(C)(C)C. The second kappa shape index (κ2) is 8.56. The first-order valence-electron chi connectivity index (χ1n) is 8.29. The summed E-state index contributed by atoms with van der Waals surface area (Å²) in [5.41, 5.74) is 0.268. The van der Waals surface area contributed by atoms with Crippen LogP contribution in [0.15, 0.2) is 0 Å². The lowest BCUT2D eigenvalue weighted by Crippen LogP contribution is -2.42. The fraction of sp³-hybridized carbons (Fsp3) is 1.00. The highest BCUT2D eigenvalue weighted by Crippen LogP contribution is 2.37. The van der Waals surface area contributed by atoms with E-state index < -0.39 is 0 Å².